The fourth-order valence-corrected chi connectivity index (χ4v) is 4.41. The predicted octanol–water partition coefficient (Wildman–Crippen LogP) is 0.522. The van der Waals surface area contributed by atoms with Gasteiger partial charge in [0.25, 0.3) is 0 Å². The molecule has 3 rings (SSSR count). The lowest BCUT2D eigenvalue weighted by molar-refractivity contribution is 0.0292. The number of morpholine rings is 1. The van der Waals surface area contributed by atoms with E-state index in [1.807, 2.05) is 6.92 Å². The monoisotopic (exact) mass is 325 g/mol. The Labute approximate surface area is 129 Å². The molecule has 3 heterocycles. The van der Waals surface area contributed by atoms with E-state index in [9.17, 15) is 8.42 Å². The van der Waals surface area contributed by atoms with Crippen LogP contribution in [0.1, 0.15) is 23.3 Å². The second-order valence-electron chi connectivity index (χ2n) is 5.41. The zero-order valence-electron chi connectivity index (χ0n) is 12.8. The standard InChI is InChI=1S/C13H19N5O3S/c1-9-6-14-13(15-9)11-8-21-5-4-18(11)22(19,20)12-7-17(3)16-10(12)2/h6-7,11H,4-5,8H2,1-3H3,(H,14,15)/t11-/m1/s1. The van der Waals surface area contributed by atoms with Gasteiger partial charge in [0, 0.05) is 31.7 Å². The molecule has 0 saturated carbocycles. The lowest BCUT2D eigenvalue weighted by Crippen LogP contribution is -2.43. The van der Waals surface area contributed by atoms with Gasteiger partial charge in [-0.25, -0.2) is 13.4 Å². The van der Waals surface area contributed by atoms with Crippen molar-refractivity contribution in [2.24, 2.45) is 7.05 Å². The van der Waals surface area contributed by atoms with Crippen molar-refractivity contribution in [3.63, 3.8) is 0 Å². The van der Waals surface area contributed by atoms with E-state index in [-0.39, 0.29) is 11.5 Å². The highest BCUT2D eigenvalue weighted by atomic mass is 32.2. The summed E-state index contributed by atoms with van der Waals surface area (Å²) in [6.45, 7) is 4.52. The summed E-state index contributed by atoms with van der Waals surface area (Å²) in [5, 5.41) is 4.13. The molecule has 1 aliphatic heterocycles. The van der Waals surface area contributed by atoms with Crippen LogP contribution in [0.25, 0.3) is 0 Å². The molecule has 8 nitrogen and oxygen atoms in total. The highest BCUT2D eigenvalue weighted by Crippen LogP contribution is 2.29. The van der Waals surface area contributed by atoms with E-state index >= 15 is 0 Å². The zero-order valence-corrected chi connectivity index (χ0v) is 13.6. The van der Waals surface area contributed by atoms with Crippen molar-refractivity contribution in [2.75, 3.05) is 19.8 Å². The number of hydrogen-bond acceptors (Lipinski definition) is 5. The Morgan fingerprint density at radius 1 is 1.41 bits per heavy atom. The van der Waals surface area contributed by atoms with Gasteiger partial charge in [-0.2, -0.15) is 9.40 Å². The van der Waals surface area contributed by atoms with Gasteiger partial charge in [-0.05, 0) is 13.8 Å². The van der Waals surface area contributed by atoms with Gasteiger partial charge in [0.15, 0.2) is 0 Å². The van der Waals surface area contributed by atoms with E-state index in [2.05, 4.69) is 15.1 Å². The number of nitrogens with zero attached hydrogens (tertiary/aromatic N) is 4. The number of nitrogens with one attached hydrogen (secondary N) is 1. The molecule has 9 heteroatoms. The largest absolute Gasteiger partial charge is 0.378 e. The Bertz CT molecular complexity index is 779. The van der Waals surface area contributed by atoms with Crippen LogP contribution in [-0.4, -0.2) is 52.2 Å². The molecule has 120 valence electrons. The maximum atomic E-state index is 13.0. The summed E-state index contributed by atoms with van der Waals surface area (Å²) in [7, 11) is -1.94. The first-order chi connectivity index (χ1) is 10.4. The molecule has 22 heavy (non-hydrogen) atoms. The first-order valence-electron chi connectivity index (χ1n) is 7.01. The fourth-order valence-electron chi connectivity index (χ4n) is 2.65. The number of sulfonamides is 1. The van der Waals surface area contributed by atoms with Crippen molar-refractivity contribution in [3.8, 4) is 0 Å². The molecule has 0 aromatic carbocycles. The van der Waals surface area contributed by atoms with Gasteiger partial charge in [-0.1, -0.05) is 0 Å². The van der Waals surface area contributed by atoms with E-state index in [1.54, 1.807) is 20.2 Å². The number of rotatable bonds is 3. The average Bonchev–Trinajstić information content (AvgIpc) is 3.05. The van der Waals surface area contributed by atoms with Crippen molar-refractivity contribution in [3.05, 3.63) is 29.6 Å². The molecule has 2 aromatic rings. The number of ether oxygens (including phenoxy) is 1. The molecular formula is C13H19N5O3S. The summed E-state index contributed by atoms with van der Waals surface area (Å²) in [6.07, 6.45) is 3.22. The summed E-state index contributed by atoms with van der Waals surface area (Å²) in [5.74, 6) is 0.599. The zero-order chi connectivity index (χ0) is 15.9. The molecule has 1 aliphatic rings. The van der Waals surface area contributed by atoms with Crippen LogP contribution >= 0.6 is 0 Å². The molecule has 1 atom stereocenters. The topological polar surface area (TPSA) is 93.1 Å². The Balaban J connectivity index is 2.01. The molecule has 1 N–H and O–H groups in total. The highest BCUT2D eigenvalue weighted by molar-refractivity contribution is 7.89. The summed E-state index contributed by atoms with van der Waals surface area (Å²) in [4.78, 5) is 7.59. The average molecular weight is 325 g/mol. The third-order valence-electron chi connectivity index (χ3n) is 3.67. The summed E-state index contributed by atoms with van der Waals surface area (Å²) in [6, 6.07) is -0.452. The molecule has 1 fully saturated rings. The summed E-state index contributed by atoms with van der Waals surface area (Å²) >= 11 is 0. The third kappa shape index (κ3) is 2.55. The van der Waals surface area contributed by atoms with Crippen molar-refractivity contribution >= 4 is 10.0 Å². The van der Waals surface area contributed by atoms with E-state index in [1.165, 1.54) is 15.2 Å². The van der Waals surface area contributed by atoms with Crippen LogP contribution in [0.15, 0.2) is 17.3 Å². The fraction of sp³-hybridized carbons (Fsp3) is 0.538. The molecular weight excluding hydrogens is 306 g/mol. The smallest absolute Gasteiger partial charge is 0.247 e. The lowest BCUT2D eigenvalue weighted by atomic mass is 10.2. The van der Waals surface area contributed by atoms with Gasteiger partial charge in [0.2, 0.25) is 10.0 Å². The lowest BCUT2D eigenvalue weighted by Gasteiger charge is -2.33. The second-order valence-corrected chi connectivity index (χ2v) is 7.27. The van der Waals surface area contributed by atoms with Crippen LogP contribution in [0.4, 0.5) is 0 Å². The molecule has 0 amide bonds. The van der Waals surface area contributed by atoms with Crippen molar-refractivity contribution in [2.45, 2.75) is 24.8 Å². The van der Waals surface area contributed by atoms with E-state index in [4.69, 9.17) is 4.74 Å². The second kappa shape index (κ2) is 5.49. The first-order valence-corrected chi connectivity index (χ1v) is 8.45. The number of aryl methyl sites for hydroxylation is 3. The van der Waals surface area contributed by atoms with Gasteiger partial charge in [0.1, 0.15) is 16.8 Å². The molecule has 0 aliphatic carbocycles. The van der Waals surface area contributed by atoms with Crippen molar-refractivity contribution in [1.29, 1.82) is 0 Å². The molecule has 0 radical (unpaired) electrons. The molecule has 0 unspecified atom stereocenters. The van der Waals surface area contributed by atoms with E-state index in [0.717, 1.165) is 5.69 Å². The minimum atomic E-state index is -3.65. The Hall–Kier alpha value is -1.71. The Morgan fingerprint density at radius 3 is 2.77 bits per heavy atom. The van der Waals surface area contributed by atoms with Gasteiger partial charge < -0.3 is 9.72 Å². The number of aromatic nitrogens is 4. The minimum Gasteiger partial charge on any atom is -0.378 e. The summed E-state index contributed by atoms with van der Waals surface area (Å²) < 4.78 is 34.4. The van der Waals surface area contributed by atoms with Crippen LogP contribution in [0.5, 0.6) is 0 Å². The Kier molecular flexibility index (Phi) is 3.79. The maximum Gasteiger partial charge on any atom is 0.247 e. The quantitative estimate of drug-likeness (QED) is 0.888. The van der Waals surface area contributed by atoms with Gasteiger partial charge >= 0.3 is 0 Å². The first kappa shape index (κ1) is 15.2. The minimum absolute atomic E-state index is 0.227. The van der Waals surface area contributed by atoms with Crippen molar-refractivity contribution < 1.29 is 13.2 Å². The van der Waals surface area contributed by atoms with Crippen LogP contribution in [-0.2, 0) is 21.8 Å². The number of imidazole rings is 1. The highest BCUT2D eigenvalue weighted by Gasteiger charge is 2.38. The molecule has 0 bridgehead atoms. The van der Waals surface area contributed by atoms with Crippen LogP contribution in [0.2, 0.25) is 0 Å². The third-order valence-corrected chi connectivity index (χ3v) is 5.68. The van der Waals surface area contributed by atoms with E-state index < -0.39 is 16.1 Å². The SMILES string of the molecule is Cc1cnc([C@H]2COCCN2S(=O)(=O)c2cn(C)nc2C)[nH]1. The van der Waals surface area contributed by atoms with Crippen molar-refractivity contribution in [1.82, 2.24) is 24.1 Å². The van der Waals surface area contributed by atoms with Crippen LogP contribution < -0.4 is 0 Å². The predicted molar refractivity (Wildman–Crippen MR) is 78.7 cm³/mol. The molecule has 1 saturated heterocycles. The van der Waals surface area contributed by atoms with Gasteiger partial charge in [0.05, 0.1) is 18.9 Å². The van der Waals surface area contributed by atoms with Gasteiger partial charge in [-0.15, -0.1) is 0 Å². The molecule has 2 aromatic heterocycles. The number of hydrogen-bond donors (Lipinski definition) is 1. The van der Waals surface area contributed by atoms with Crippen LogP contribution in [0, 0.1) is 13.8 Å². The van der Waals surface area contributed by atoms with Gasteiger partial charge in [-0.3, -0.25) is 4.68 Å². The Morgan fingerprint density at radius 2 is 2.18 bits per heavy atom. The summed E-state index contributed by atoms with van der Waals surface area (Å²) in [5.41, 5.74) is 1.37. The van der Waals surface area contributed by atoms with Crippen LogP contribution in [0.3, 0.4) is 0 Å². The maximum absolute atomic E-state index is 13.0. The number of aromatic amines is 1. The number of H-pyrrole nitrogens is 1. The van der Waals surface area contributed by atoms with E-state index in [0.29, 0.717) is 24.7 Å². The normalized spacial score (nSPS) is 20.4. The molecule has 0 spiro atoms.